The fourth-order valence-corrected chi connectivity index (χ4v) is 1.78. The first-order valence-electron chi connectivity index (χ1n) is 5.76. The van der Waals surface area contributed by atoms with Crippen LogP contribution in [0.1, 0.15) is 31.7 Å². The molecule has 0 aromatic heterocycles. The molecule has 0 saturated heterocycles. The highest BCUT2D eigenvalue weighted by atomic mass is 35.5. The van der Waals surface area contributed by atoms with Gasteiger partial charge in [0.1, 0.15) is 5.75 Å². The number of carbonyl (C=O) groups is 1. The summed E-state index contributed by atoms with van der Waals surface area (Å²) in [6.07, 6.45) is 4.21. The number of carboxylic acid groups (broad SMARTS) is 1. The quantitative estimate of drug-likeness (QED) is 0.759. The van der Waals surface area contributed by atoms with Gasteiger partial charge in [-0.1, -0.05) is 31.4 Å². The molecule has 0 aliphatic rings. The van der Waals surface area contributed by atoms with Crippen molar-refractivity contribution in [1.82, 2.24) is 0 Å². The van der Waals surface area contributed by atoms with Crippen molar-refractivity contribution in [3.8, 4) is 5.75 Å². The first kappa shape index (κ1) is 13.8. The molecule has 0 aliphatic carbocycles. The predicted molar refractivity (Wildman–Crippen MR) is 67.8 cm³/mol. The molecule has 1 aromatic carbocycles. The van der Waals surface area contributed by atoms with Crippen LogP contribution in [-0.2, 0) is 11.2 Å². The molecule has 0 amide bonds. The second kappa shape index (κ2) is 7.17. The Hall–Kier alpha value is -1.22. The van der Waals surface area contributed by atoms with Crippen molar-refractivity contribution in [2.45, 2.75) is 32.6 Å². The summed E-state index contributed by atoms with van der Waals surface area (Å²) in [6.45, 7) is 1.82. The summed E-state index contributed by atoms with van der Waals surface area (Å²) in [6, 6.07) is 5.28. The van der Waals surface area contributed by atoms with Crippen molar-refractivity contribution >= 4 is 17.6 Å². The summed E-state index contributed by atoms with van der Waals surface area (Å²) in [7, 11) is 0. The van der Waals surface area contributed by atoms with Crippen molar-refractivity contribution in [1.29, 1.82) is 0 Å². The molecule has 3 nitrogen and oxygen atoms in total. The largest absolute Gasteiger partial charge is 0.482 e. The number of benzene rings is 1. The van der Waals surface area contributed by atoms with Gasteiger partial charge in [-0.3, -0.25) is 0 Å². The lowest BCUT2D eigenvalue weighted by Crippen LogP contribution is -2.10. The molecule has 0 saturated carbocycles. The van der Waals surface area contributed by atoms with Gasteiger partial charge in [0.15, 0.2) is 6.61 Å². The van der Waals surface area contributed by atoms with E-state index in [0.717, 1.165) is 31.2 Å². The molecule has 0 fully saturated rings. The van der Waals surface area contributed by atoms with Gasteiger partial charge >= 0.3 is 5.97 Å². The van der Waals surface area contributed by atoms with E-state index in [1.165, 1.54) is 0 Å². The minimum absolute atomic E-state index is 0.317. The maximum Gasteiger partial charge on any atom is 0.341 e. The van der Waals surface area contributed by atoms with Crippen LogP contribution in [0.15, 0.2) is 18.2 Å². The topological polar surface area (TPSA) is 46.5 Å². The van der Waals surface area contributed by atoms with Gasteiger partial charge in [-0.25, -0.2) is 4.79 Å². The average molecular weight is 257 g/mol. The van der Waals surface area contributed by atoms with Crippen LogP contribution in [0.4, 0.5) is 0 Å². The molecule has 1 N–H and O–H groups in total. The Labute approximate surface area is 106 Å². The molecular formula is C13H17ClO3. The number of aryl methyl sites for hydroxylation is 1. The highest BCUT2D eigenvalue weighted by Crippen LogP contribution is 2.24. The van der Waals surface area contributed by atoms with Gasteiger partial charge in [-0.05, 0) is 36.6 Å². The normalized spacial score (nSPS) is 10.2. The van der Waals surface area contributed by atoms with Gasteiger partial charge in [-0.2, -0.15) is 0 Å². The van der Waals surface area contributed by atoms with Gasteiger partial charge in [0.05, 0.1) is 0 Å². The van der Waals surface area contributed by atoms with Gasteiger partial charge in [0.25, 0.3) is 0 Å². The number of hydrogen-bond donors (Lipinski definition) is 1. The summed E-state index contributed by atoms with van der Waals surface area (Å²) in [5, 5.41) is 9.24. The fourth-order valence-electron chi connectivity index (χ4n) is 1.59. The van der Waals surface area contributed by atoms with Crippen LogP contribution in [0.25, 0.3) is 0 Å². The number of unbranched alkanes of at least 4 members (excludes halogenated alkanes) is 2. The third-order valence-electron chi connectivity index (χ3n) is 2.42. The van der Waals surface area contributed by atoms with Crippen molar-refractivity contribution < 1.29 is 14.6 Å². The molecule has 94 valence electrons. The first-order valence-corrected chi connectivity index (χ1v) is 6.14. The highest BCUT2D eigenvalue weighted by molar-refractivity contribution is 6.30. The molecule has 1 rings (SSSR count). The summed E-state index contributed by atoms with van der Waals surface area (Å²) < 4.78 is 5.23. The maximum atomic E-state index is 10.5. The number of hydrogen-bond acceptors (Lipinski definition) is 2. The van der Waals surface area contributed by atoms with Crippen LogP contribution < -0.4 is 4.74 Å². The van der Waals surface area contributed by atoms with E-state index in [0.29, 0.717) is 10.8 Å². The van der Waals surface area contributed by atoms with E-state index in [9.17, 15) is 4.79 Å². The monoisotopic (exact) mass is 256 g/mol. The molecular weight excluding hydrogens is 240 g/mol. The molecule has 0 atom stereocenters. The molecule has 17 heavy (non-hydrogen) atoms. The third kappa shape index (κ3) is 5.09. The lowest BCUT2D eigenvalue weighted by atomic mass is 10.1. The molecule has 0 bridgehead atoms. The third-order valence-corrected chi connectivity index (χ3v) is 2.66. The summed E-state index contributed by atoms with van der Waals surface area (Å²) in [4.78, 5) is 10.5. The van der Waals surface area contributed by atoms with Crippen LogP contribution in [0.2, 0.25) is 5.02 Å². The van der Waals surface area contributed by atoms with Gasteiger partial charge in [-0.15, -0.1) is 0 Å². The minimum Gasteiger partial charge on any atom is -0.482 e. The average Bonchev–Trinajstić information content (AvgIpc) is 2.28. The van der Waals surface area contributed by atoms with Crippen LogP contribution >= 0.6 is 11.6 Å². The van der Waals surface area contributed by atoms with E-state index >= 15 is 0 Å². The number of carboxylic acids is 1. The molecule has 0 unspecified atom stereocenters. The maximum absolute atomic E-state index is 10.5. The predicted octanol–water partition coefficient (Wildman–Crippen LogP) is 3.54. The van der Waals surface area contributed by atoms with Crippen LogP contribution in [0.5, 0.6) is 5.75 Å². The Bertz CT molecular complexity index is 377. The zero-order valence-electron chi connectivity index (χ0n) is 9.91. The Balaban J connectivity index is 2.69. The number of ether oxygens (including phenoxy) is 1. The second-order valence-corrected chi connectivity index (χ2v) is 4.33. The highest BCUT2D eigenvalue weighted by Gasteiger charge is 2.06. The van der Waals surface area contributed by atoms with E-state index in [1.807, 2.05) is 6.07 Å². The van der Waals surface area contributed by atoms with Crippen LogP contribution in [0, 0.1) is 0 Å². The lowest BCUT2D eigenvalue weighted by Gasteiger charge is -2.10. The minimum atomic E-state index is -0.973. The molecule has 0 aliphatic heterocycles. The molecule has 0 heterocycles. The van der Waals surface area contributed by atoms with Gasteiger partial charge in [0, 0.05) is 5.02 Å². The van der Waals surface area contributed by atoms with Crippen molar-refractivity contribution in [2.75, 3.05) is 6.61 Å². The van der Waals surface area contributed by atoms with Gasteiger partial charge < -0.3 is 9.84 Å². The molecule has 0 radical (unpaired) electrons. The van der Waals surface area contributed by atoms with E-state index in [-0.39, 0.29) is 6.61 Å². The smallest absolute Gasteiger partial charge is 0.341 e. The first-order chi connectivity index (χ1) is 8.13. The Morgan fingerprint density at radius 2 is 2.18 bits per heavy atom. The number of rotatable bonds is 7. The summed E-state index contributed by atoms with van der Waals surface area (Å²) in [5.74, 6) is -0.354. The van der Waals surface area contributed by atoms with E-state index in [4.69, 9.17) is 21.4 Å². The Morgan fingerprint density at radius 3 is 2.82 bits per heavy atom. The lowest BCUT2D eigenvalue weighted by molar-refractivity contribution is -0.139. The molecule has 1 aromatic rings. The van der Waals surface area contributed by atoms with Gasteiger partial charge in [0.2, 0.25) is 0 Å². The van der Waals surface area contributed by atoms with E-state index in [2.05, 4.69) is 6.92 Å². The summed E-state index contributed by atoms with van der Waals surface area (Å²) >= 11 is 5.92. The van der Waals surface area contributed by atoms with E-state index < -0.39 is 5.97 Å². The fraction of sp³-hybridized carbons (Fsp3) is 0.462. The van der Waals surface area contributed by atoms with Crippen LogP contribution in [0.3, 0.4) is 0 Å². The molecule has 0 spiro atoms. The van der Waals surface area contributed by atoms with Crippen molar-refractivity contribution in [2.24, 2.45) is 0 Å². The van der Waals surface area contributed by atoms with Crippen molar-refractivity contribution in [3.05, 3.63) is 28.8 Å². The Morgan fingerprint density at radius 1 is 1.41 bits per heavy atom. The number of aliphatic carboxylic acids is 1. The van der Waals surface area contributed by atoms with Crippen molar-refractivity contribution in [3.63, 3.8) is 0 Å². The summed E-state index contributed by atoms with van der Waals surface area (Å²) in [5.41, 5.74) is 0.979. The van der Waals surface area contributed by atoms with Crippen LogP contribution in [-0.4, -0.2) is 17.7 Å². The molecule has 4 heteroatoms. The Kier molecular flexibility index (Phi) is 5.84. The zero-order valence-corrected chi connectivity index (χ0v) is 10.7. The standard InChI is InChI=1S/C13H17ClO3/c1-2-3-4-5-10-8-11(14)6-7-12(10)17-9-13(15)16/h6-8H,2-5,9H2,1H3,(H,15,16). The SMILES string of the molecule is CCCCCc1cc(Cl)ccc1OCC(=O)O. The zero-order chi connectivity index (χ0) is 12.7. The van der Waals surface area contributed by atoms with E-state index in [1.54, 1.807) is 12.1 Å². The second-order valence-electron chi connectivity index (χ2n) is 3.89. The number of halogens is 1.